The first-order valence-corrected chi connectivity index (χ1v) is 4.94. The van der Waals surface area contributed by atoms with Gasteiger partial charge in [0.2, 0.25) is 0 Å². The number of methoxy groups -OCH3 is 1. The molecule has 0 aliphatic heterocycles. The molecule has 0 saturated heterocycles. The van der Waals surface area contributed by atoms with Gasteiger partial charge in [-0.3, -0.25) is 0 Å². The molecule has 2 nitrogen and oxygen atoms in total. The Labute approximate surface area is 97.2 Å². The van der Waals surface area contributed by atoms with Crippen LogP contribution in [0.5, 0.6) is 0 Å². The van der Waals surface area contributed by atoms with Gasteiger partial charge in [0.05, 0.1) is 27.2 Å². The summed E-state index contributed by atoms with van der Waals surface area (Å²) in [6.07, 6.45) is -6.00. The Balaban J connectivity index is 0. The molecular weight excluding hydrogens is 251 g/mol. The lowest BCUT2D eigenvalue weighted by molar-refractivity contribution is -0.888. The molecule has 0 rings (SSSR count). The fourth-order valence-electron chi connectivity index (χ4n) is 0.497. The molecule has 0 aliphatic carbocycles. The van der Waals surface area contributed by atoms with Crippen molar-refractivity contribution in [2.45, 2.75) is 13.0 Å². The van der Waals surface area contributed by atoms with E-state index < -0.39 is 13.1 Å². The van der Waals surface area contributed by atoms with Crippen LogP contribution in [0.15, 0.2) is 0 Å². The van der Waals surface area contributed by atoms with Gasteiger partial charge in [0.1, 0.15) is 6.54 Å². The van der Waals surface area contributed by atoms with E-state index in [1.165, 1.54) is 6.54 Å². The fraction of sp³-hybridized carbons (Fsp3) is 1.00. The third-order valence-electron chi connectivity index (χ3n) is 2.13. The van der Waals surface area contributed by atoms with E-state index in [0.29, 0.717) is 0 Å². The number of ether oxygens (including phenoxy) is 1. The molecule has 0 aromatic carbocycles. The van der Waals surface area contributed by atoms with Crippen LogP contribution in [0.4, 0.5) is 26.1 Å². The maximum absolute atomic E-state index is 10.5. The van der Waals surface area contributed by atoms with Gasteiger partial charge in [-0.1, -0.05) is 0 Å². The molecule has 0 saturated carbocycles. The van der Waals surface area contributed by atoms with Crippen LogP contribution in [0.25, 0.3) is 0 Å². The van der Waals surface area contributed by atoms with Gasteiger partial charge in [0.15, 0.2) is 0 Å². The molecule has 0 unspecified atom stereocenters. The summed E-state index contributed by atoms with van der Waals surface area (Å²) in [7, 11) is 6.16. The summed E-state index contributed by atoms with van der Waals surface area (Å²) in [6, 6.07) is 0. The van der Waals surface area contributed by atoms with E-state index in [9.17, 15) is 26.1 Å². The first-order chi connectivity index (χ1) is 7.37. The molecule has 17 heavy (non-hydrogen) atoms. The highest BCUT2D eigenvalue weighted by molar-refractivity contribution is 6.60. The molecule has 0 N–H and O–H groups in total. The molecular formula is C8H18BF6NO. The van der Waals surface area contributed by atoms with Crippen molar-refractivity contribution in [3.05, 3.63) is 0 Å². The Kier molecular flexibility index (Phi) is 7.90. The number of quaternary nitrogens is 1. The largest absolute Gasteiger partial charge is 0.583 e. The summed E-state index contributed by atoms with van der Waals surface area (Å²) >= 11 is 0. The Morgan fingerprint density at radius 2 is 1.47 bits per heavy atom. The van der Waals surface area contributed by atoms with Crippen LogP contribution < -0.4 is 0 Å². The first kappa shape index (κ1) is 18.9. The highest BCUT2D eigenvalue weighted by Gasteiger charge is 2.53. The van der Waals surface area contributed by atoms with E-state index in [1.54, 1.807) is 7.11 Å². The molecule has 0 heterocycles. The minimum Gasteiger partial charge on any atom is -0.443 e. The van der Waals surface area contributed by atoms with Crippen LogP contribution in [-0.2, 0) is 4.74 Å². The van der Waals surface area contributed by atoms with E-state index in [-0.39, 0.29) is 0 Å². The normalized spacial score (nSPS) is 13.1. The third-order valence-corrected chi connectivity index (χ3v) is 2.13. The molecule has 106 valence electrons. The van der Waals surface area contributed by atoms with E-state index in [1.807, 2.05) is 0 Å². The Bertz CT molecular complexity index is 191. The number of nitrogens with zero attached hydrogens (tertiary/aromatic N) is 1. The van der Waals surface area contributed by atoms with Crippen molar-refractivity contribution in [1.82, 2.24) is 0 Å². The average molecular weight is 269 g/mol. The highest BCUT2D eigenvalue weighted by atomic mass is 19.4. The van der Waals surface area contributed by atoms with Crippen LogP contribution in [0.1, 0.15) is 6.92 Å². The number of halogens is 6. The van der Waals surface area contributed by atoms with Gasteiger partial charge in [-0.15, -0.1) is 0 Å². The molecule has 0 aliphatic rings. The van der Waals surface area contributed by atoms with Gasteiger partial charge in [-0.2, -0.15) is 0 Å². The van der Waals surface area contributed by atoms with E-state index in [4.69, 9.17) is 4.74 Å². The number of hydrogen-bond donors (Lipinski definition) is 0. The molecule has 0 bridgehead atoms. The number of rotatable bonds is 4. The SMILES string of the molecule is CC[N+](C)(C)CCOC.F[B-](F)(F)C(F)(F)F. The maximum Gasteiger partial charge on any atom is 0.583 e. The summed E-state index contributed by atoms with van der Waals surface area (Å²) in [5.74, 6) is 0. The molecule has 0 aromatic heterocycles. The minimum atomic E-state index is -6.65. The zero-order valence-electron chi connectivity index (χ0n) is 10.3. The zero-order chi connectivity index (χ0) is 14.3. The lowest BCUT2D eigenvalue weighted by Gasteiger charge is -2.27. The van der Waals surface area contributed by atoms with Gasteiger partial charge in [0.25, 0.3) is 0 Å². The third kappa shape index (κ3) is 10.4. The van der Waals surface area contributed by atoms with E-state index >= 15 is 0 Å². The van der Waals surface area contributed by atoms with Gasteiger partial charge in [0, 0.05) is 7.11 Å². The van der Waals surface area contributed by atoms with Crippen LogP contribution in [0.2, 0.25) is 0 Å². The zero-order valence-corrected chi connectivity index (χ0v) is 10.3. The Morgan fingerprint density at radius 1 is 1.12 bits per heavy atom. The van der Waals surface area contributed by atoms with Crippen molar-refractivity contribution in [3.8, 4) is 0 Å². The Morgan fingerprint density at radius 3 is 1.65 bits per heavy atom. The van der Waals surface area contributed by atoms with Crippen LogP contribution in [-0.4, -0.2) is 58.4 Å². The second-order valence-electron chi connectivity index (χ2n) is 4.08. The van der Waals surface area contributed by atoms with Gasteiger partial charge in [-0.25, -0.2) is 13.2 Å². The van der Waals surface area contributed by atoms with Crippen molar-refractivity contribution < 1.29 is 35.3 Å². The molecule has 0 spiro atoms. The lowest BCUT2D eigenvalue weighted by atomic mass is 9.92. The van der Waals surface area contributed by atoms with Crippen molar-refractivity contribution in [2.75, 3.05) is 40.9 Å². The van der Waals surface area contributed by atoms with Crippen molar-refractivity contribution >= 4 is 6.98 Å². The summed E-state index contributed by atoms with van der Waals surface area (Å²) in [5, 5.41) is 0. The molecule has 0 radical (unpaired) electrons. The van der Waals surface area contributed by atoms with Crippen LogP contribution in [0.3, 0.4) is 0 Å². The van der Waals surface area contributed by atoms with E-state index in [0.717, 1.165) is 17.6 Å². The monoisotopic (exact) mass is 269 g/mol. The summed E-state index contributed by atoms with van der Waals surface area (Å²) in [4.78, 5) is 0. The van der Waals surface area contributed by atoms with Gasteiger partial charge >= 0.3 is 13.1 Å². The van der Waals surface area contributed by atoms with Gasteiger partial charge in [-0.05, 0) is 6.92 Å². The topological polar surface area (TPSA) is 9.23 Å². The number of likely N-dealkylation sites (N-methyl/N-ethyl adjacent to an activating group) is 1. The first-order valence-electron chi connectivity index (χ1n) is 4.94. The highest BCUT2D eigenvalue weighted by Crippen LogP contribution is 2.31. The van der Waals surface area contributed by atoms with Crippen molar-refractivity contribution in [3.63, 3.8) is 0 Å². The summed E-state index contributed by atoms with van der Waals surface area (Å²) in [5.41, 5.74) is 0. The smallest absolute Gasteiger partial charge is 0.443 e. The second kappa shape index (κ2) is 7.10. The Hall–Kier alpha value is -0.435. The van der Waals surface area contributed by atoms with Crippen molar-refractivity contribution in [2.24, 2.45) is 0 Å². The maximum atomic E-state index is 10.5. The number of alkyl halides is 3. The fourth-order valence-corrected chi connectivity index (χ4v) is 0.497. The molecule has 0 amide bonds. The molecule has 9 heteroatoms. The molecule has 0 fully saturated rings. The molecule has 0 aromatic rings. The van der Waals surface area contributed by atoms with Gasteiger partial charge < -0.3 is 22.2 Å². The van der Waals surface area contributed by atoms with Crippen molar-refractivity contribution in [1.29, 1.82) is 0 Å². The van der Waals surface area contributed by atoms with Crippen LogP contribution in [0, 0.1) is 0 Å². The standard InChI is InChI=1S/C7H18NO.CBF6/c1-5-8(2,3)6-7-9-4;3-1(4,5)2(6,7)8/h5-7H2,1-4H3;/q+1;-1. The minimum absolute atomic E-state index is 0.862. The predicted molar refractivity (Wildman–Crippen MR) is 54.5 cm³/mol. The number of hydrogen-bond acceptors (Lipinski definition) is 1. The predicted octanol–water partition coefficient (Wildman–Crippen LogP) is 2.66. The summed E-state index contributed by atoms with van der Waals surface area (Å²) in [6.45, 7) is -1.32. The average Bonchev–Trinajstić information content (AvgIpc) is 2.13. The van der Waals surface area contributed by atoms with E-state index in [2.05, 4.69) is 21.0 Å². The molecule has 0 atom stereocenters. The summed E-state index contributed by atoms with van der Waals surface area (Å²) < 4.78 is 68.9. The lowest BCUT2D eigenvalue weighted by Crippen LogP contribution is -2.41. The second-order valence-corrected chi connectivity index (χ2v) is 4.08. The quantitative estimate of drug-likeness (QED) is 0.433. The van der Waals surface area contributed by atoms with Crippen LogP contribution >= 0.6 is 0 Å².